The van der Waals surface area contributed by atoms with Gasteiger partial charge in [-0.2, -0.15) is 0 Å². The van der Waals surface area contributed by atoms with Crippen LogP contribution in [0.3, 0.4) is 0 Å². The maximum Gasteiger partial charge on any atom is 0.240 e. The van der Waals surface area contributed by atoms with Crippen LogP contribution >= 0.6 is 27.3 Å². The Hall–Kier alpha value is -2.71. The number of amides is 2. The summed E-state index contributed by atoms with van der Waals surface area (Å²) in [4.78, 5) is 33.0. The zero-order valence-corrected chi connectivity index (χ0v) is 19.0. The van der Waals surface area contributed by atoms with Crippen LogP contribution in [-0.4, -0.2) is 24.1 Å². The minimum atomic E-state index is -0.258. The van der Waals surface area contributed by atoms with Crippen LogP contribution in [0.4, 0.5) is 11.4 Å². The van der Waals surface area contributed by atoms with Crippen molar-refractivity contribution >= 4 is 56.2 Å². The minimum Gasteiger partial charge on any atom is -0.467 e. The van der Waals surface area contributed by atoms with E-state index in [1.807, 2.05) is 38.1 Å². The lowest BCUT2D eigenvalue weighted by atomic mass is 10.1. The normalized spacial score (nSPS) is 13.6. The van der Waals surface area contributed by atoms with Crippen LogP contribution in [0.25, 0.3) is 0 Å². The fourth-order valence-corrected chi connectivity index (χ4v) is 4.61. The van der Waals surface area contributed by atoms with Crippen molar-refractivity contribution in [3.05, 3.63) is 68.2 Å². The molecule has 1 aliphatic heterocycles. The highest BCUT2D eigenvalue weighted by Crippen LogP contribution is 2.36. The molecule has 154 valence electrons. The third-order valence-corrected chi connectivity index (χ3v) is 6.63. The smallest absolute Gasteiger partial charge is 0.240 e. The highest BCUT2D eigenvalue weighted by Gasteiger charge is 2.27. The van der Waals surface area contributed by atoms with E-state index in [0.717, 1.165) is 19.8 Å². The number of aliphatic imine (C=N–C) groups is 1. The molecule has 3 heterocycles. The summed E-state index contributed by atoms with van der Waals surface area (Å²) in [5.41, 5.74) is 4.18. The zero-order valence-electron chi connectivity index (χ0n) is 16.6. The van der Waals surface area contributed by atoms with Gasteiger partial charge in [0.05, 0.1) is 45.0 Å². The molecule has 1 aromatic carbocycles. The van der Waals surface area contributed by atoms with Crippen molar-refractivity contribution in [1.29, 1.82) is 0 Å². The van der Waals surface area contributed by atoms with E-state index < -0.39 is 0 Å². The van der Waals surface area contributed by atoms with Gasteiger partial charge >= 0.3 is 0 Å². The molecule has 0 bridgehead atoms. The fourth-order valence-electron chi connectivity index (χ4n) is 3.23. The summed E-state index contributed by atoms with van der Waals surface area (Å²) in [7, 11) is 0. The van der Waals surface area contributed by atoms with Gasteiger partial charge < -0.3 is 14.6 Å². The first-order valence-corrected chi connectivity index (χ1v) is 11.1. The van der Waals surface area contributed by atoms with E-state index in [2.05, 4.69) is 21.2 Å². The number of thiophene rings is 1. The van der Waals surface area contributed by atoms with Gasteiger partial charge in [0.25, 0.3) is 0 Å². The maximum absolute atomic E-state index is 13.2. The predicted molar refractivity (Wildman–Crippen MR) is 122 cm³/mol. The Bertz CT molecular complexity index is 1130. The van der Waals surface area contributed by atoms with Gasteiger partial charge in [-0.1, -0.05) is 0 Å². The molecule has 0 fully saturated rings. The lowest BCUT2D eigenvalue weighted by Gasteiger charge is -2.23. The molecule has 0 atom stereocenters. The monoisotopic (exact) mass is 485 g/mol. The maximum atomic E-state index is 13.2. The number of halogens is 1. The lowest BCUT2D eigenvalue weighted by molar-refractivity contribution is -0.123. The van der Waals surface area contributed by atoms with Crippen LogP contribution < -0.4 is 10.2 Å². The van der Waals surface area contributed by atoms with Gasteiger partial charge in [-0.05, 0) is 77.3 Å². The van der Waals surface area contributed by atoms with E-state index in [4.69, 9.17) is 9.41 Å². The van der Waals surface area contributed by atoms with E-state index in [9.17, 15) is 9.59 Å². The summed E-state index contributed by atoms with van der Waals surface area (Å²) in [6.07, 6.45) is 1.69. The molecule has 8 heteroatoms. The number of anilines is 1. The number of benzene rings is 1. The number of fused-ring (bicyclic) bond motifs is 1. The summed E-state index contributed by atoms with van der Waals surface area (Å²) < 4.78 is 6.23. The average molecular weight is 486 g/mol. The highest BCUT2D eigenvalue weighted by molar-refractivity contribution is 9.11. The van der Waals surface area contributed by atoms with Crippen LogP contribution in [0.15, 0.2) is 55.9 Å². The van der Waals surface area contributed by atoms with Crippen LogP contribution in [-0.2, 0) is 16.1 Å². The fraction of sp³-hybridized carbons (Fsp3) is 0.227. The number of carbonyl (C=O) groups is 2. The van der Waals surface area contributed by atoms with E-state index in [1.165, 1.54) is 16.2 Å². The SMILES string of the molecule is Cc1cc2c(cc1C)N(CC(=O)NCc1ccco1)C(=O)CC(c1ccc(Br)s1)=N2. The molecular weight excluding hydrogens is 466 g/mol. The third-order valence-electron chi connectivity index (χ3n) is 4.96. The highest BCUT2D eigenvalue weighted by atomic mass is 79.9. The molecule has 0 radical (unpaired) electrons. The van der Waals surface area contributed by atoms with Gasteiger partial charge in [0.1, 0.15) is 12.3 Å². The van der Waals surface area contributed by atoms with Crippen molar-refractivity contribution in [3.63, 3.8) is 0 Å². The molecule has 6 nitrogen and oxygen atoms in total. The summed E-state index contributed by atoms with van der Waals surface area (Å²) in [6.45, 7) is 4.20. The number of nitrogens with zero attached hydrogens (tertiary/aromatic N) is 2. The van der Waals surface area contributed by atoms with Crippen molar-refractivity contribution in [3.8, 4) is 0 Å². The second-order valence-corrected chi connectivity index (χ2v) is 9.56. The number of carbonyl (C=O) groups excluding carboxylic acids is 2. The molecule has 1 N–H and O–H groups in total. The summed E-state index contributed by atoms with van der Waals surface area (Å²) in [5, 5.41) is 2.81. The molecule has 3 aromatic rings. The second-order valence-electron chi connectivity index (χ2n) is 7.10. The molecule has 1 aliphatic rings. The van der Waals surface area contributed by atoms with E-state index in [1.54, 1.807) is 18.4 Å². The number of hydrogen-bond acceptors (Lipinski definition) is 5. The Morgan fingerprint density at radius 3 is 2.77 bits per heavy atom. The van der Waals surface area contributed by atoms with E-state index >= 15 is 0 Å². The van der Waals surface area contributed by atoms with E-state index in [0.29, 0.717) is 22.8 Å². The van der Waals surface area contributed by atoms with Crippen LogP contribution in [0.5, 0.6) is 0 Å². The van der Waals surface area contributed by atoms with Crippen molar-refractivity contribution in [2.45, 2.75) is 26.8 Å². The molecule has 0 saturated heterocycles. The molecule has 0 unspecified atom stereocenters. The van der Waals surface area contributed by atoms with Crippen LogP contribution in [0.2, 0.25) is 0 Å². The molecule has 0 aliphatic carbocycles. The second kappa shape index (κ2) is 8.57. The first-order chi connectivity index (χ1) is 14.4. The van der Waals surface area contributed by atoms with Crippen molar-refractivity contribution in [2.24, 2.45) is 4.99 Å². The first kappa shape index (κ1) is 20.6. The summed E-state index contributed by atoms with van der Waals surface area (Å²) in [6, 6.07) is 11.4. The quantitative estimate of drug-likeness (QED) is 0.558. The largest absolute Gasteiger partial charge is 0.467 e. The molecule has 4 rings (SSSR count). The van der Waals surface area contributed by atoms with Gasteiger partial charge in [-0.25, -0.2) is 4.99 Å². The van der Waals surface area contributed by atoms with Gasteiger partial charge in [-0.3, -0.25) is 9.59 Å². The number of aryl methyl sites for hydroxylation is 2. The standard InChI is InChI=1S/C22H20BrN3O3S/c1-13-8-16-18(9-14(13)2)26(12-21(27)24-11-15-4-3-7-29-15)22(28)10-17(25-16)19-5-6-20(23)30-19/h3-9H,10-12H2,1-2H3,(H,24,27). The molecule has 0 spiro atoms. The van der Waals surface area contributed by atoms with E-state index in [-0.39, 0.29) is 31.3 Å². The van der Waals surface area contributed by atoms with Gasteiger partial charge in [-0.15, -0.1) is 11.3 Å². The van der Waals surface area contributed by atoms with Crippen LogP contribution in [0, 0.1) is 13.8 Å². The number of hydrogen-bond donors (Lipinski definition) is 1. The summed E-state index contributed by atoms with van der Waals surface area (Å²) >= 11 is 5.01. The molecule has 2 aromatic heterocycles. The predicted octanol–water partition coefficient (Wildman–Crippen LogP) is 4.89. The van der Waals surface area contributed by atoms with Crippen molar-refractivity contribution in [1.82, 2.24) is 5.32 Å². The molecule has 0 saturated carbocycles. The number of nitrogens with one attached hydrogen (secondary N) is 1. The van der Waals surface area contributed by atoms with Gasteiger partial charge in [0.15, 0.2) is 0 Å². The third kappa shape index (κ3) is 4.39. The lowest BCUT2D eigenvalue weighted by Crippen LogP contribution is -2.41. The molecule has 30 heavy (non-hydrogen) atoms. The van der Waals surface area contributed by atoms with Gasteiger partial charge in [0.2, 0.25) is 11.8 Å². The van der Waals surface area contributed by atoms with Crippen molar-refractivity contribution in [2.75, 3.05) is 11.4 Å². The Balaban J connectivity index is 1.64. The summed E-state index contributed by atoms with van der Waals surface area (Å²) in [5.74, 6) is 0.242. The zero-order chi connectivity index (χ0) is 21.3. The number of rotatable bonds is 5. The Kier molecular flexibility index (Phi) is 5.87. The van der Waals surface area contributed by atoms with Crippen LogP contribution in [0.1, 0.15) is 28.2 Å². The number of furan rings is 1. The minimum absolute atomic E-state index is 0.0774. The Morgan fingerprint density at radius 2 is 2.07 bits per heavy atom. The Morgan fingerprint density at radius 1 is 1.27 bits per heavy atom. The Labute approximate surface area is 186 Å². The topological polar surface area (TPSA) is 74.9 Å². The first-order valence-electron chi connectivity index (χ1n) is 9.44. The molecular formula is C22H20BrN3O3S. The average Bonchev–Trinajstić information content (AvgIpc) is 3.36. The van der Waals surface area contributed by atoms with Crippen molar-refractivity contribution < 1.29 is 14.0 Å². The molecule has 2 amide bonds. The van der Waals surface area contributed by atoms with Gasteiger partial charge in [0, 0.05) is 0 Å².